The summed E-state index contributed by atoms with van der Waals surface area (Å²) in [5, 5.41) is 3.08. The Hall–Kier alpha value is -2.73. The first-order valence-electron chi connectivity index (χ1n) is 8.60. The van der Waals surface area contributed by atoms with Crippen molar-refractivity contribution in [2.75, 3.05) is 6.54 Å². The van der Waals surface area contributed by atoms with E-state index >= 15 is 0 Å². The monoisotopic (exact) mass is 335 g/mol. The molecular formula is C19H21N5O. The molecule has 1 aliphatic rings. The van der Waals surface area contributed by atoms with E-state index < -0.39 is 0 Å². The third kappa shape index (κ3) is 3.00. The minimum atomic E-state index is -0.124. The first-order chi connectivity index (χ1) is 12.3. The number of carbonyl (C=O) groups excluding carboxylic acids is 1. The maximum Gasteiger partial charge on any atom is 0.238 e. The highest BCUT2D eigenvalue weighted by Gasteiger charge is 2.30. The van der Waals surface area contributed by atoms with Gasteiger partial charge in [-0.15, -0.1) is 0 Å². The second kappa shape index (κ2) is 6.64. The minimum absolute atomic E-state index is 0.0698. The molecule has 25 heavy (non-hydrogen) atoms. The van der Waals surface area contributed by atoms with Crippen molar-refractivity contribution >= 4 is 11.6 Å². The fourth-order valence-electron chi connectivity index (χ4n) is 3.49. The van der Waals surface area contributed by atoms with Crippen LogP contribution in [0.5, 0.6) is 0 Å². The van der Waals surface area contributed by atoms with E-state index in [1.54, 1.807) is 18.6 Å². The summed E-state index contributed by atoms with van der Waals surface area (Å²) in [6.45, 7) is 4.24. The van der Waals surface area contributed by atoms with Gasteiger partial charge in [-0.1, -0.05) is 31.2 Å². The van der Waals surface area contributed by atoms with Crippen molar-refractivity contribution < 1.29 is 4.79 Å². The number of likely N-dealkylation sites (N-methyl/N-ethyl adjacent to an activating group) is 1. The van der Waals surface area contributed by atoms with Crippen molar-refractivity contribution in [1.82, 2.24) is 24.6 Å². The molecule has 0 bridgehead atoms. The number of fused-ring (bicyclic) bond motifs is 2. The summed E-state index contributed by atoms with van der Waals surface area (Å²) in [6, 6.07) is 8.26. The number of amides is 1. The normalized spacial score (nSPS) is 17.4. The van der Waals surface area contributed by atoms with Crippen LogP contribution < -0.4 is 5.32 Å². The molecule has 6 heteroatoms. The van der Waals surface area contributed by atoms with Gasteiger partial charge in [0.15, 0.2) is 5.65 Å². The van der Waals surface area contributed by atoms with Crippen LogP contribution in [-0.2, 0) is 24.3 Å². The average molecular weight is 335 g/mol. The van der Waals surface area contributed by atoms with Crippen LogP contribution in [0.3, 0.4) is 0 Å². The number of carbonyl (C=O) groups is 1. The molecule has 1 aromatic carbocycles. The second-order valence-electron chi connectivity index (χ2n) is 6.32. The van der Waals surface area contributed by atoms with E-state index in [9.17, 15) is 4.79 Å². The van der Waals surface area contributed by atoms with E-state index in [0.717, 1.165) is 30.9 Å². The van der Waals surface area contributed by atoms with Gasteiger partial charge in [-0.3, -0.25) is 19.1 Å². The molecule has 0 saturated heterocycles. The molecule has 1 amide bonds. The Bertz CT molecular complexity index is 903. The van der Waals surface area contributed by atoms with Crippen molar-refractivity contribution in [3.8, 4) is 0 Å². The second-order valence-corrected chi connectivity index (χ2v) is 6.32. The van der Waals surface area contributed by atoms with Crippen LogP contribution in [0.4, 0.5) is 0 Å². The molecule has 1 N–H and O–H groups in total. The van der Waals surface area contributed by atoms with Gasteiger partial charge in [0.25, 0.3) is 0 Å². The summed E-state index contributed by atoms with van der Waals surface area (Å²) >= 11 is 0. The zero-order valence-electron chi connectivity index (χ0n) is 14.2. The summed E-state index contributed by atoms with van der Waals surface area (Å²) < 4.78 is 1.95. The number of imidazole rings is 1. The highest BCUT2D eigenvalue weighted by Crippen LogP contribution is 2.23. The van der Waals surface area contributed by atoms with Gasteiger partial charge in [0.05, 0.1) is 30.7 Å². The number of benzene rings is 1. The Morgan fingerprint density at radius 3 is 2.96 bits per heavy atom. The van der Waals surface area contributed by atoms with Crippen LogP contribution in [0.25, 0.3) is 5.65 Å². The van der Waals surface area contributed by atoms with E-state index in [1.807, 2.05) is 16.7 Å². The largest absolute Gasteiger partial charge is 0.349 e. The maximum absolute atomic E-state index is 12.8. The van der Waals surface area contributed by atoms with Crippen LogP contribution in [0.2, 0.25) is 0 Å². The molecule has 0 aliphatic carbocycles. The van der Waals surface area contributed by atoms with Crippen molar-refractivity contribution in [1.29, 1.82) is 0 Å². The maximum atomic E-state index is 12.8. The average Bonchev–Trinajstić information content (AvgIpc) is 3.08. The quantitative estimate of drug-likeness (QED) is 0.790. The molecule has 0 saturated carbocycles. The molecule has 0 fully saturated rings. The Kier molecular flexibility index (Phi) is 4.19. The van der Waals surface area contributed by atoms with E-state index in [2.05, 4.69) is 45.3 Å². The summed E-state index contributed by atoms with van der Waals surface area (Å²) in [7, 11) is 0. The number of rotatable bonds is 4. The summed E-state index contributed by atoms with van der Waals surface area (Å²) in [5.74, 6) is 0.0698. The Morgan fingerprint density at radius 1 is 1.28 bits per heavy atom. The minimum Gasteiger partial charge on any atom is -0.349 e. The smallest absolute Gasteiger partial charge is 0.238 e. The van der Waals surface area contributed by atoms with Gasteiger partial charge in [-0.05, 0) is 24.1 Å². The van der Waals surface area contributed by atoms with Gasteiger partial charge in [0, 0.05) is 18.9 Å². The molecule has 0 spiro atoms. The van der Waals surface area contributed by atoms with E-state index in [0.29, 0.717) is 6.54 Å². The van der Waals surface area contributed by atoms with Gasteiger partial charge in [0.2, 0.25) is 5.91 Å². The molecule has 1 atom stereocenters. The highest BCUT2D eigenvalue weighted by molar-refractivity contribution is 5.82. The van der Waals surface area contributed by atoms with Gasteiger partial charge < -0.3 is 5.32 Å². The topological polar surface area (TPSA) is 62.5 Å². The molecule has 6 nitrogen and oxygen atoms in total. The van der Waals surface area contributed by atoms with Crippen LogP contribution in [0.1, 0.15) is 23.7 Å². The van der Waals surface area contributed by atoms with Crippen molar-refractivity contribution in [3.05, 3.63) is 65.9 Å². The van der Waals surface area contributed by atoms with Gasteiger partial charge >= 0.3 is 0 Å². The molecule has 0 radical (unpaired) electrons. The summed E-state index contributed by atoms with van der Waals surface area (Å²) in [6.07, 6.45) is 7.83. The molecule has 3 aromatic rings. The molecule has 3 heterocycles. The lowest BCUT2D eigenvalue weighted by Crippen LogP contribution is -2.50. The van der Waals surface area contributed by atoms with Crippen LogP contribution in [-0.4, -0.2) is 37.8 Å². The SMILES string of the molecule is CCN1Cc2ccccc2CC1C(=O)NCc1cnc2cnccn12. The van der Waals surface area contributed by atoms with Crippen LogP contribution in [0.15, 0.2) is 49.1 Å². The van der Waals surface area contributed by atoms with E-state index in [1.165, 1.54) is 11.1 Å². The van der Waals surface area contributed by atoms with Crippen LogP contribution in [0, 0.1) is 0 Å². The van der Waals surface area contributed by atoms with Crippen molar-refractivity contribution in [2.24, 2.45) is 0 Å². The summed E-state index contributed by atoms with van der Waals surface area (Å²) in [5.41, 5.74) is 4.33. The molecule has 128 valence electrons. The van der Waals surface area contributed by atoms with Gasteiger partial charge in [-0.2, -0.15) is 0 Å². The predicted molar refractivity (Wildman–Crippen MR) is 94.9 cm³/mol. The number of nitrogens with zero attached hydrogens (tertiary/aromatic N) is 4. The molecule has 2 aromatic heterocycles. The number of hydrogen-bond acceptors (Lipinski definition) is 4. The molecule has 4 rings (SSSR count). The lowest BCUT2D eigenvalue weighted by molar-refractivity contribution is -0.127. The first kappa shape index (κ1) is 15.8. The third-order valence-corrected chi connectivity index (χ3v) is 4.89. The van der Waals surface area contributed by atoms with E-state index in [4.69, 9.17) is 0 Å². The predicted octanol–water partition coefficient (Wildman–Crippen LogP) is 1.79. The van der Waals surface area contributed by atoms with Crippen molar-refractivity contribution in [3.63, 3.8) is 0 Å². The Balaban J connectivity index is 1.49. The molecular weight excluding hydrogens is 314 g/mol. The first-order valence-corrected chi connectivity index (χ1v) is 8.60. The third-order valence-electron chi connectivity index (χ3n) is 4.89. The van der Waals surface area contributed by atoms with Gasteiger partial charge in [0.1, 0.15) is 0 Å². The highest BCUT2D eigenvalue weighted by atomic mass is 16.2. The number of aromatic nitrogens is 3. The Labute approximate surface area is 146 Å². The molecule has 1 aliphatic heterocycles. The standard InChI is InChI=1S/C19H21N5O/c1-2-23-13-15-6-4-3-5-14(15)9-17(23)19(25)22-11-16-10-21-18-12-20-7-8-24(16)18/h3-8,10,12,17H,2,9,11,13H2,1H3,(H,22,25). The fraction of sp³-hybridized carbons (Fsp3) is 0.316. The molecule has 1 unspecified atom stereocenters. The van der Waals surface area contributed by atoms with E-state index in [-0.39, 0.29) is 11.9 Å². The number of hydrogen-bond donors (Lipinski definition) is 1. The summed E-state index contributed by atoms with van der Waals surface area (Å²) in [4.78, 5) is 23.4. The fourth-order valence-corrected chi connectivity index (χ4v) is 3.49. The Morgan fingerprint density at radius 2 is 2.12 bits per heavy atom. The van der Waals surface area contributed by atoms with Crippen molar-refractivity contribution in [2.45, 2.75) is 32.5 Å². The van der Waals surface area contributed by atoms with Gasteiger partial charge in [-0.25, -0.2) is 4.98 Å². The lowest BCUT2D eigenvalue weighted by Gasteiger charge is -2.35. The number of nitrogens with one attached hydrogen (secondary N) is 1. The zero-order valence-corrected chi connectivity index (χ0v) is 14.2. The zero-order chi connectivity index (χ0) is 17.2. The lowest BCUT2D eigenvalue weighted by atomic mass is 9.93. The van der Waals surface area contributed by atoms with Crippen LogP contribution >= 0.6 is 0 Å².